The lowest BCUT2D eigenvalue weighted by molar-refractivity contribution is 0.0791. The normalized spacial score (nSPS) is 15.4. The van der Waals surface area contributed by atoms with Gasteiger partial charge in [-0.15, -0.1) is 0 Å². The third kappa shape index (κ3) is 6.35. The van der Waals surface area contributed by atoms with E-state index in [1.165, 1.54) is 32.1 Å². The predicted molar refractivity (Wildman–Crippen MR) is 61.0 cm³/mol. The zero-order valence-electron chi connectivity index (χ0n) is 9.88. The average molecular weight is 202 g/mol. The topological polar surface area (TPSA) is 47.3 Å². The van der Waals surface area contributed by atoms with Crippen LogP contribution in [0.3, 0.4) is 0 Å². The summed E-state index contributed by atoms with van der Waals surface area (Å²) < 4.78 is 5.24. The van der Waals surface area contributed by atoms with Gasteiger partial charge in [0.2, 0.25) is 0 Å². The highest BCUT2D eigenvalue weighted by Crippen LogP contribution is 2.10. The van der Waals surface area contributed by atoms with Gasteiger partial charge in [-0.3, -0.25) is 11.3 Å². The number of nitrogens with two attached hydrogens (primary N) is 1. The van der Waals surface area contributed by atoms with Crippen molar-refractivity contribution in [3.63, 3.8) is 0 Å². The van der Waals surface area contributed by atoms with Gasteiger partial charge < -0.3 is 4.74 Å². The molecule has 0 radical (unpaired) electrons. The monoisotopic (exact) mass is 202 g/mol. The van der Waals surface area contributed by atoms with E-state index in [9.17, 15) is 0 Å². The smallest absolute Gasteiger partial charge is 0.0709 e. The Kier molecular flexibility index (Phi) is 9.35. The van der Waals surface area contributed by atoms with Crippen molar-refractivity contribution in [1.82, 2.24) is 5.43 Å². The number of rotatable bonds is 9. The van der Waals surface area contributed by atoms with Crippen LogP contribution in [0, 0.1) is 0 Å². The molecule has 0 aliphatic rings. The van der Waals surface area contributed by atoms with Crippen molar-refractivity contribution in [2.75, 3.05) is 7.11 Å². The van der Waals surface area contributed by atoms with Crippen LogP contribution in [-0.4, -0.2) is 19.3 Å². The molecule has 14 heavy (non-hydrogen) atoms. The molecule has 0 aromatic carbocycles. The summed E-state index contributed by atoms with van der Waals surface area (Å²) >= 11 is 0. The van der Waals surface area contributed by atoms with Gasteiger partial charge in [0, 0.05) is 13.2 Å². The molecule has 3 heteroatoms. The van der Waals surface area contributed by atoms with E-state index in [1.54, 1.807) is 7.11 Å². The van der Waals surface area contributed by atoms with E-state index in [0.29, 0.717) is 6.04 Å². The molecule has 0 aliphatic heterocycles. The molecular formula is C11H26N2O. The summed E-state index contributed by atoms with van der Waals surface area (Å²) in [7, 11) is 1.73. The third-order valence-electron chi connectivity index (χ3n) is 2.77. The second-order valence-electron chi connectivity index (χ2n) is 3.92. The van der Waals surface area contributed by atoms with Crippen molar-refractivity contribution in [3.8, 4) is 0 Å². The van der Waals surface area contributed by atoms with E-state index >= 15 is 0 Å². The Bertz CT molecular complexity index is 120. The van der Waals surface area contributed by atoms with Crippen LogP contribution in [0.1, 0.15) is 52.4 Å². The minimum atomic E-state index is 0.200. The molecular weight excluding hydrogens is 176 g/mol. The Balaban J connectivity index is 3.42. The van der Waals surface area contributed by atoms with Crippen LogP contribution < -0.4 is 11.3 Å². The lowest BCUT2D eigenvalue weighted by Crippen LogP contribution is -2.43. The molecule has 0 amide bonds. The Morgan fingerprint density at radius 1 is 1.21 bits per heavy atom. The van der Waals surface area contributed by atoms with E-state index in [2.05, 4.69) is 19.3 Å². The van der Waals surface area contributed by atoms with E-state index < -0.39 is 0 Å². The van der Waals surface area contributed by atoms with Gasteiger partial charge in [0.05, 0.1) is 6.10 Å². The van der Waals surface area contributed by atoms with Gasteiger partial charge in [-0.05, 0) is 13.3 Å². The molecule has 86 valence electrons. The van der Waals surface area contributed by atoms with Crippen molar-refractivity contribution in [1.29, 1.82) is 0 Å². The van der Waals surface area contributed by atoms with Crippen LogP contribution in [0.25, 0.3) is 0 Å². The van der Waals surface area contributed by atoms with Crippen molar-refractivity contribution in [2.45, 2.75) is 64.5 Å². The van der Waals surface area contributed by atoms with Gasteiger partial charge in [0.25, 0.3) is 0 Å². The van der Waals surface area contributed by atoms with E-state index in [1.807, 2.05) is 0 Å². The van der Waals surface area contributed by atoms with Crippen LogP contribution in [0.4, 0.5) is 0 Å². The highest BCUT2D eigenvalue weighted by Gasteiger charge is 2.13. The molecule has 0 rings (SSSR count). The third-order valence-corrected chi connectivity index (χ3v) is 2.77. The van der Waals surface area contributed by atoms with Gasteiger partial charge in [0.15, 0.2) is 0 Å². The van der Waals surface area contributed by atoms with Gasteiger partial charge >= 0.3 is 0 Å². The van der Waals surface area contributed by atoms with Gasteiger partial charge in [0.1, 0.15) is 0 Å². The van der Waals surface area contributed by atoms with Crippen molar-refractivity contribution < 1.29 is 4.74 Å². The van der Waals surface area contributed by atoms with Crippen molar-refractivity contribution in [3.05, 3.63) is 0 Å². The van der Waals surface area contributed by atoms with Crippen LogP contribution in [-0.2, 0) is 4.74 Å². The first-order chi connectivity index (χ1) is 6.76. The molecule has 0 aromatic heterocycles. The molecule has 0 heterocycles. The molecule has 2 unspecified atom stereocenters. The lowest BCUT2D eigenvalue weighted by Gasteiger charge is -2.21. The maximum Gasteiger partial charge on any atom is 0.0709 e. The lowest BCUT2D eigenvalue weighted by atomic mass is 10.0. The Morgan fingerprint density at radius 3 is 2.36 bits per heavy atom. The zero-order chi connectivity index (χ0) is 10.8. The van der Waals surface area contributed by atoms with Crippen molar-refractivity contribution in [2.24, 2.45) is 5.84 Å². The second-order valence-corrected chi connectivity index (χ2v) is 3.92. The summed E-state index contributed by atoms with van der Waals surface area (Å²) in [4.78, 5) is 0. The van der Waals surface area contributed by atoms with Crippen LogP contribution in [0.15, 0.2) is 0 Å². The van der Waals surface area contributed by atoms with Crippen LogP contribution in [0.2, 0.25) is 0 Å². The highest BCUT2D eigenvalue weighted by molar-refractivity contribution is 4.70. The molecule has 0 spiro atoms. The van der Waals surface area contributed by atoms with Crippen molar-refractivity contribution >= 4 is 0 Å². The fraction of sp³-hybridized carbons (Fsp3) is 1.00. The molecule has 0 saturated carbocycles. The number of ether oxygens (including phenoxy) is 1. The summed E-state index contributed by atoms with van der Waals surface area (Å²) in [6, 6.07) is 0.293. The quantitative estimate of drug-likeness (QED) is 0.342. The predicted octanol–water partition coefficient (Wildman–Crippen LogP) is 2.21. The second kappa shape index (κ2) is 9.44. The number of hydrazine groups is 1. The first kappa shape index (κ1) is 13.9. The minimum Gasteiger partial charge on any atom is -0.380 e. The van der Waals surface area contributed by atoms with Gasteiger partial charge in [-0.25, -0.2) is 0 Å². The van der Waals surface area contributed by atoms with Crippen LogP contribution >= 0.6 is 0 Å². The maximum absolute atomic E-state index is 5.46. The number of nitrogens with one attached hydrogen (secondary N) is 1. The Labute approximate surface area is 88.4 Å². The maximum atomic E-state index is 5.46. The van der Waals surface area contributed by atoms with Crippen LogP contribution in [0.5, 0.6) is 0 Å². The number of unbranched alkanes of at least 4 members (excludes halogenated alkanes) is 4. The van der Waals surface area contributed by atoms with Gasteiger partial charge in [-0.1, -0.05) is 39.0 Å². The fourth-order valence-electron chi connectivity index (χ4n) is 1.59. The van der Waals surface area contributed by atoms with Gasteiger partial charge in [-0.2, -0.15) is 0 Å². The summed E-state index contributed by atoms with van der Waals surface area (Å²) in [5.41, 5.74) is 2.82. The molecule has 0 aliphatic carbocycles. The minimum absolute atomic E-state index is 0.200. The highest BCUT2D eigenvalue weighted by atomic mass is 16.5. The molecule has 0 bridgehead atoms. The standard InChI is InChI=1S/C11H26N2O/c1-4-5-6-7-8-9-11(13-12)10(2)14-3/h10-11,13H,4-9,12H2,1-3H3. The first-order valence-corrected chi connectivity index (χ1v) is 5.75. The molecule has 2 atom stereocenters. The zero-order valence-corrected chi connectivity index (χ0v) is 9.88. The summed E-state index contributed by atoms with van der Waals surface area (Å²) in [5, 5.41) is 0. The molecule has 3 N–H and O–H groups in total. The summed E-state index contributed by atoms with van der Waals surface area (Å²) in [6.45, 7) is 4.29. The van der Waals surface area contributed by atoms with E-state index in [4.69, 9.17) is 10.6 Å². The largest absolute Gasteiger partial charge is 0.380 e. The summed E-state index contributed by atoms with van der Waals surface area (Å²) in [5.74, 6) is 5.46. The molecule has 3 nitrogen and oxygen atoms in total. The van der Waals surface area contributed by atoms with E-state index in [-0.39, 0.29) is 6.10 Å². The Hall–Kier alpha value is -0.120. The number of hydrogen-bond acceptors (Lipinski definition) is 3. The molecule has 0 saturated heterocycles. The summed E-state index contributed by atoms with van der Waals surface area (Å²) in [6.07, 6.45) is 7.84. The molecule has 0 aromatic rings. The number of hydrogen-bond donors (Lipinski definition) is 2. The SMILES string of the molecule is CCCCCCCC(NN)C(C)OC. The first-order valence-electron chi connectivity index (χ1n) is 5.75. The number of methoxy groups -OCH3 is 1. The Morgan fingerprint density at radius 2 is 1.86 bits per heavy atom. The average Bonchev–Trinajstić information content (AvgIpc) is 2.22. The fourth-order valence-corrected chi connectivity index (χ4v) is 1.59. The molecule has 0 fully saturated rings. The van der Waals surface area contributed by atoms with E-state index in [0.717, 1.165) is 6.42 Å².